The van der Waals surface area contributed by atoms with Crippen LogP contribution in [-0.2, 0) is 0 Å². The number of nitrogens with one attached hydrogen (secondary N) is 1. The molecule has 1 aromatic heterocycles. The van der Waals surface area contributed by atoms with E-state index in [0.717, 1.165) is 14.9 Å². The van der Waals surface area contributed by atoms with Gasteiger partial charge in [-0.25, -0.2) is 4.98 Å². The fourth-order valence-electron chi connectivity index (χ4n) is 0.679. The van der Waals surface area contributed by atoms with Gasteiger partial charge in [0.1, 0.15) is 9.21 Å². The normalized spacial score (nSPS) is 9.50. The lowest BCUT2D eigenvalue weighted by atomic mass is 10.4. The molecule has 12 heavy (non-hydrogen) atoms. The van der Waals surface area contributed by atoms with E-state index in [9.17, 15) is 0 Å². The molecule has 0 unspecified atom stereocenters. The Morgan fingerprint density at radius 3 is 2.33 bits per heavy atom. The first kappa shape index (κ1) is 9.88. The van der Waals surface area contributed by atoms with Crippen LogP contribution in [0.15, 0.2) is 21.3 Å². The summed E-state index contributed by atoms with van der Waals surface area (Å²) in [6.07, 6.45) is 0. The average Bonchev–Trinajstić information content (AvgIpc) is 1.81. The molecule has 1 heterocycles. The lowest BCUT2D eigenvalue weighted by Crippen LogP contribution is -2.18. The summed E-state index contributed by atoms with van der Waals surface area (Å²) in [4.78, 5) is 4.05. The molecule has 1 rings (SSSR count). The van der Waals surface area contributed by atoms with E-state index in [-0.39, 0.29) is 5.11 Å². The van der Waals surface area contributed by atoms with Crippen LogP contribution in [0.25, 0.3) is 0 Å². The Bertz CT molecular complexity index is 295. The molecule has 6 heteroatoms. The lowest BCUT2D eigenvalue weighted by molar-refractivity contribution is 1.23. The molecule has 0 radical (unpaired) electrons. The van der Waals surface area contributed by atoms with Crippen molar-refractivity contribution in [3.8, 4) is 0 Å². The van der Waals surface area contributed by atoms with Crippen LogP contribution < -0.4 is 11.1 Å². The van der Waals surface area contributed by atoms with Crippen LogP contribution in [-0.4, -0.2) is 10.1 Å². The molecule has 0 bridgehead atoms. The minimum absolute atomic E-state index is 0.236. The van der Waals surface area contributed by atoms with E-state index in [1.54, 1.807) is 12.1 Å². The molecular weight excluding hydrogens is 306 g/mol. The minimum atomic E-state index is 0.236. The maximum absolute atomic E-state index is 5.29. The van der Waals surface area contributed by atoms with Crippen molar-refractivity contribution < 1.29 is 0 Å². The smallest absolute Gasteiger partial charge is 0.168 e. The summed E-state index contributed by atoms with van der Waals surface area (Å²) in [6, 6.07) is 3.56. The van der Waals surface area contributed by atoms with Gasteiger partial charge >= 0.3 is 0 Å². The van der Waals surface area contributed by atoms with E-state index in [1.165, 1.54) is 0 Å². The van der Waals surface area contributed by atoms with Crippen molar-refractivity contribution in [2.75, 3.05) is 5.32 Å². The van der Waals surface area contributed by atoms with Gasteiger partial charge in [-0.3, -0.25) is 0 Å². The molecule has 0 aromatic carbocycles. The van der Waals surface area contributed by atoms with Gasteiger partial charge in [-0.05, 0) is 56.2 Å². The SMILES string of the molecule is NC(=S)Nc1cc(Br)nc(Br)c1. The second-order valence-corrected chi connectivity index (χ2v) is 4.06. The summed E-state index contributed by atoms with van der Waals surface area (Å²) in [5, 5.41) is 3.03. The van der Waals surface area contributed by atoms with Gasteiger partial charge in [0, 0.05) is 5.69 Å². The van der Waals surface area contributed by atoms with Gasteiger partial charge in [0.15, 0.2) is 5.11 Å². The van der Waals surface area contributed by atoms with E-state index in [2.05, 4.69) is 54.4 Å². The Hall–Kier alpha value is -0.200. The fraction of sp³-hybridized carbons (Fsp3) is 0. The third-order valence-corrected chi connectivity index (χ3v) is 1.94. The van der Waals surface area contributed by atoms with Gasteiger partial charge < -0.3 is 11.1 Å². The number of hydrogen-bond acceptors (Lipinski definition) is 2. The summed E-state index contributed by atoms with van der Waals surface area (Å²) in [5.41, 5.74) is 6.10. The van der Waals surface area contributed by atoms with Crippen molar-refractivity contribution >= 4 is 54.9 Å². The van der Waals surface area contributed by atoms with Crippen LogP contribution >= 0.6 is 44.1 Å². The van der Waals surface area contributed by atoms with Crippen molar-refractivity contribution in [2.45, 2.75) is 0 Å². The Kier molecular flexibility index (Phi) is 3.42. The molecule has 3 nitrogen and oxygen atoms in total. The molecule has 1 aromatic rings. The summed E-state index contributed by atoms with van der Waals surface area (Å²) < 4.78 is 1.44. The topological polar surface area (TPSA) is 50.9 Å². The first-order valence-electron chi connectivity index (χ1n) is 2.97. The Morgan fingerprint density at radius 1 is 1.42 bits per heavy atom. The van der Waals surface area contributed by atoms with Gasteiger partial charge in [0.05, 0.1) is 0 Å². The molecule has 0 atom stereocenters. The first-order valence-corrected chi connectivity index (χ1v) is 4.97. The minimum Gasteiger partial charge on any atom is -0.376 e. The molecule has 0 amide bonds. The van der Waals surface area contributed by atoms with E-state index in [1.807, 2.05) is 0 Å². The molecule has 0 aliphatic rings. The highest BCUT2D eigenvalue weighted by Crippen LogP contribution is 2.19. The number of pyridine rings is 1. The molecule has 0 saturated heterocycles. The van der Waals surface area contributed by atoms with Crippen molar-refractivity contribution in [1.29, 1.82) is 0 Å². The largest absolute Gasteiger partial charge is 0.376 e. The van der Waals surface area contributed by atoms with Crippen LogP contribution in [0.2, 0.25) is 0 Å². The quantitative estimate of drug-likeness (QED) is 0.617. The molecule has 64 valence electrons. The number of nitrogens with zero attached hydrogens (tertiary/aromatic N) is 1. The Labute approximate surface area is 92.0 Å². The zero-order chi connectivity index (χ0) is 9.14. The maximum atomic E-state index is 5.29. The Morgan fingerprint density at radius 2 is 1.92 bits per heavy atom. The Balaban J connectivity index is 2.93. The molecule has 0 saturated carbocycles. The van der Waals surface area contributed by atoms with Crippen LogP contribution in [0.1, 0.15) is 0 Å². The number of rotatable bonds is 1. The zero-order valence-corrected chi connectivity index (χ0v) is 9.83. The van der Waals surface area contributed by atoms with Crippen molar-refractivity contribution in [2.24, 2.45) is 5.73 Å². The highest BCUT2D eigenvalue weighted by molar-refractivity contribution is 9.11. The summed E-state index contributed by atoms with van der Waals surface area (Å²) in [7, 11) is 0. The molecule has 0 spiro atoms. The highest BCUT2D eigenvalue weighted by atomic mass is 79.9. The predicted octanol–water partition coefficient (Wildman–Crippen LogP) is 2.26. The van der Waals surface area contributed by atoms with E-state index >= 15 is 0 Å². The van der Waals surface area contributed by atoms with Gasteiger partial charge in [-0.15, -0.1) is 0 Å². The van der Waals surface area contributed by atoms with Crippen molar-refractivity contribution in [3.05, 3.63) is 21.3 Å². The average molecular weight is 311 g/mol. The maximum Gasteiger partial charge on any atom is 0.168 e. The number of hydrogen-bond donors (Lipinski definition) is 2. The predicted molar refractivity (Wildman–Crippen MR) is 60.0 cm³/mol. The van der Waals surface area contributed by atoms with Gasteiger partial charge in [-0.2, -0.15) is 0 Å². The molecule has 0 aliphatic carbocycles. The fourth-order valence-corrected chi connectivity index (χ4v) is 1.91. The second kappa shape index (κ2) is 4.15. The molecule has 0 fully saturated rings. The summed E-state index contributed by atoms with van der Waals surface area (Å²) in [5.74, 6) is 0. The summed E-state index contributed by atoms with van der Waals surface area (Å²) in [6.45, 7) is 0. The van der Waals surface area contributed by atoms with Crippen LogP contribution in [0.3, 0.4) is 0 Å². The van der Waals surface area contributed by atoms with E-state index in [4.69, 9.17) is 5.73 Å². The van der Waals surface area contributed by atoms with Crippen LogP contribution in [0, 0.1) is 0 Å². The lowest BCUT2D eigenvalue weighted by Gasteiger charge is -2.03. The van der Waals surface area contributed by atoms with Crippen LogP contribution in [0.5, 0.6) is 0 Å². The van der Waals surface area contributed by atoms with Gasteiger partial charge in [0.25, 0.3) is 0 Å². The molecule has 0 aliphatic heterocycles. The number of thiocarbonyl (C=S) groups is 1. The molecular formula is C6H5Br2N3S. The molecule has 3 N–H and O–H groups in total. The zero-order valence-electron chi connectivity index (χ0n) is 5.84. The van der Waals surface area contributed by atoms with Crippen molar-refractivity contribution in [3.63, 3.8) is 0 Å². The third kappa shape index (κ3) is 3.04. The first-order chi connectivity index (χ1) is 5.58. The van der Waals surface area contributed by atoms with Crippen LogP contribution in [0.4, 0.5) is 5.69 Å². The summed E-state index contributed by atoms with van der Waals surface area (Å²) >= 11 is 11.2. The van der Waals surface area contributed by atoms with E-state index in [0.29, 0.717) is 0 Å². The van der Waals surface area contributed by atoms with Crippen molar-refractivity contribution in [1.82, 2.24) is 4.98 Å². The van der Waals surface area contributed by atoms with Gasteiger partial charge in [-0.1, -0.05) is 0 Å². The van der Waals surface area contributed by atoms with E-state index < -0.39 is 0 Å². The number of nitrogens with two attached hydrogens (primary N) is 1. The number of halogens is 2. The third-order valence-electron chi connectivity index (χ3n) is 1.03. The highest BCUT2D eigenvalue weighted by Gasteiger charge is 1.98. The second-order valence-electron chi connectivity index (χ2n) is 1.99. The number of aromatic nitrogens is 1. The standard InChI is InChI=1S/C6H5Br2N3S/c7-4-1-3(10-6(9)12)2-5(8)11-4/h1-2H,(H3,9,10,11,12). The van der Waals surface area contributed by atoms with Gasteiger partial charge in [0.2, 0.25) is 0 Å². The monoisotopic (exact) mass is 309 g/mol. The number of anilines is 1.